The molecule has 2 aromatic rings. The zero-order valence-electron chi connectivity index (χ0n) is 10.7. The van der Waals surface area contributed by atoms with Crippen LogP contribution in [0, 0.1) is 0 Å². The number of hydrogen-bond donors (Lipinski definition) is 2. The van der Waals surface area contributed by atoms with Crippen LogP contribution in [0.15, 0.2) is 34.7 Å². The molecule has 0 aliphatic rings. The Balaban J connectivity index is 1.87. The van der Waals surface area contributed by atoms with E-state index in [0.29, 0.717) is 28.8 Å². The van der Waals surface area contributed by atoms with Crippen molar-refractivity contribution in [3.8, 4) is 0 Å². The Labute approximate surface area is 126 Å². The highest BCUT2D eigenvalue weighted by Gasteiger charge is 2.10. The molecule has 0 spiro atoms. The van der Waals surface area contributed by atoms with E-state index in [9.17, 15) is 4.79 Å². The molecule has 6 heteroatoms. The van der Waals surface area contributed by atoms with E-state index in [4.69, 9.17) is 33.4 Å². The van der Waals surface area contributed by atoms with Crippen LogP contribution in [0.5, 0.6) is 0 Å². The Morgan fingerprint density at radius 2 is 2.05 bits per heavy atom. The van der Waals surface area contributed by atoms with Crippen molar-refractivity contribution in [3.63, 3.8) is 0 Å². The Hall–Kier alpha value is -1.49. The first-order valence-corrected chi connectivity index (χ1v) is 6.86. The minimum atomic E-state index is -0.269. The second-order valence-electron chi connectivity index (χ2n) is 4.21. The summed E-state index contributed by atoms with van der Waals surface area (Å²) >= 11 is 11.9. The molecule has 1 aromatic carbocycles. The van der Waals surface area contributed by atoms with Crippen LogP contribution in [0.3, 0.4) is 0 Å². The number of rotatable bonds is 5. The molecule has 0 unspecified atom stereocenters. The van der Waals surface area contributed by atoms with Gasteiger partial charge in [-0.1, -0.05) is 29.3 Å². The van der Waals surface area contributed by atoms with E-state index in [1.807, 2.05) is 6.07 Å². The fourth-order valence-corrected chi connectivity index (χ4v) is 2.23. The first kappa shape index (κ1) is 14.9. The SMILES string of the molecule is NCc1ccc(C(=O)NCCc2ccc(Cl)cc2Cl)o1. The molecule has 20 heavy (non-hydrogen) atoms. The predicted octanol–water partition coefficient (Wildman–Crippen LogP) is 3.02. The number of furan rings is 1. The van der Waals surface area contributed by atoms with Gasteiger partial charge < -0.3 is 15.5 Å². The average Bonchev–Trinajstić information content (AvgIpc) is 2.90. The molecular weight excluding hydrogens is 299 g/mol. The van der Waals surface area contributed by atoms with Gasteiger partial charge in [-0.3, -0.25) is 4.79 Å². The molecule has 0 fully saturated rings. The molecule has 0 aliphatic carbocycles. The van der Waals surface area contributed by atoms with E-state index in [1.54, 1.807) is 24.3 Å². The van der Waals surface area contributed by atoms with Crippen LogP contribution in [-0.2, 0) is 13.0 Å². The second kappa shape index (κ2) is 6.79. The summed E-state index contributed by atoms with van der Waals surface area (Å²) in [4.78, 5) is 11.8. The molecule has 1 amide bonds. The Kier molecular flexibility index (Phi) is 5.06. The molecule has 1 heterocycles. The van der Waals surface area contributed by atoms with Gasteiger partial charge in [-0.2, -0.15) is 0 Å². The standard InChI is InChI=1S/C14H14Cl2N2O2/c15-10-2-1-9(12(16)7-10)5-6-18-14(19)13-4-3-11(8-17)20-13/h1-4,7H,5-6,8,17H2,(H,18,19). The van der Waals surface area contributed by atoms with E-state index in [2.05, 4.69) is 5.32 Å². The molecule has 2 rings (SSSR count). The number of carbonyl (C=O) groups excluding carboxylic acids is 1. The van der Waals surface area contributed by atoms with Crippen molar-refractivity contribution in [3.05, 3.63) is 57.5 Å². The fraction of sp³-hybridized carbons (Fsp3) is 0.214. The van der Waals surface area contributed by atoms with Crippen LogP contribution < -0.4 is 11.1 Å². The molecule has 0 saturated carbocycles. The van der Waals surface area contributed by atoms with Crippen molar-refractivity contribution in [1.82, 2.24) is 5.32 Å². The van der Waals surface area contributed by atoms with Crippen molar-refractivity contribution < 1.29 is 9.21 Å². The largest absolute Gasteiger partial charge is 0.455 e. The molecule has 0 atom stereocenters. The fourth-order valence-electron chi connectivity index (χ4n) is 1.73. The molecule has 1 aromatic heterocycles. The summed E-state index contributed by atoms with van der Waals surface area (Å²) in [5, 5.41) is 3.94. The van der Waals surface area contributed by atoms with Crippen LogP contribution in [0.25, 0.3) is 0 Å². The Morgan fingerprint density at radius 3 is 2.70 bits per heavy atom. The van der Waals surface area contributed by atoms with Gasteiger partial charge in [-0.15, -0.1) is 0 Å². The van der Waals surface area contributed by atoms with Gasteiger partial charge >= 0.3 is 0 Å². The quantitative estimate of drug-likeness (QED) is 0.891. The van der Waals surface area contributed by atoms with Gasteiger partial charge in [0, 0.05) is 16.6 Å². The van der Waals surface area contributed by atoms with Gasteiger partial charge in [-0.25, -0.2) is 0 Å². The van der Waals surface area contributed by atoms with E-state index in [-0.39, 0.29) is 18.2 Å². The summed E-state index contributed by atoms with van der Waals surface area (Å²) in [7, 11) is 0. The third-order valence-electron chi connectivity index (χ3n) is 2.78. The van der Waals surface area contributed by atoms with Gasteiger partial charge in [0.25, 0.3) is 5.91 Å². The molecule has 0 bridgehead atoms. The van der Waals surface area contributed by atoms with Crippen molar-refractivity contribution >= 4 is 29.1 Å². The maximum Gasteiger partial charge on any atom is 0.287 e. The summed E-state index contributed by atoms with van der Waals surface area (Å²) in [5.41, 5.74) is 6.35. The lowest BCUT2D eigenvalue weighted by molar-refractivity contribution is 0.0924. The molecular formula is C14H14Cl2N2O2. The summed E-state index contributed by atoms with van der Waals surface area (Å²) in [6, 6.07) is 8.58. The number of halogens is 2. The molecule has 0 aliphatic heterocycles. The highest BCUT2D eigenvalue weighted by molar-refractivity contribution is 6.35. The third kappa shape index (κ3) is 3.76. The van der Waals surface area contributed by atoms with Crippen LogP contribution in [-0.4, -0.2) is 12.5 Å². The van der Waals surface area contributed by atoms with Crippen LogP contribution >= 0.6 is 23.2 Å². The van der Waals surface area contributed by atoms with Gasteiger partial charge in [0.05, 0.1) is 6.54 Å². The third-order valence-corrected chi connectivity index (χ3v) is 3.37. The normalized spacial score (nSPS) is 10.6. The first-order valence-electron chi connectivity index (χ1n) is 6.11. The van der Waals surface area contributed by atoms with E-state index < -0.39 is 0 Å². The smallest absolute Gasteiger partial charge is 0.287 e. The minimum Gasteiger partial charge on any atom is -0.455 e. The summed E-state index contributed by atoms with van der Waals surface area (Å²) in [6.07, 6.45) is 0.617. The molecule has 0 saturated heterocycles. The van der Waals surface area contributed by atoms with Crippen LogP contribution in [0.1, 0.15) is 21.9 Å². The van der Waals surface area contributed by atoms with Crippen molar-refractivity contribution in [2.45, 2.75) is 13.0 Å². The van der Waals surface area contributed by atoms with E-state index in [0.717, 1.165) is 5.56 Å². The molecule has 3 N–H and O–H groups in total. The average molecular weight is 313 g/mol. The Bertz CT molecular complexity index is 611. The zero-order chi connectivity index (χ0) is 14.5. The van der Waals surface area contributed by atoms with Gasteiger partial charge in [0.15, 0.2) is 5.76 Å². The minimum absolute atomic E-state index is 0.257. The molecule has 106 valence electrons. The van der Waals surface area contributed by atoms with Crippen LogP contribution in [0.2, 0.25) is 10.0 Å². The lowest BCUT2D eigenvalue weighted by Gasteiger charge is -2.06. The first-order chi connectivity index (χ1) is 9.60. The van der Waals surface area contributed by atoms with Gasteiger partial charge in [0.2, 0.25) is 0 Å². The van der Waals surface area contributed by atoms with Crippen molar-refractivity contribution in [1.29, 1.82) is 0 Å². The van der Waals surface area contributed by atoms with Gasteiger partial charge in [-0.05, 0) is 36.2 Å². The number of benzene rings is 1. The van der Waals surface area contributed by atoms with Crippen LogP contribution in [0.4, 0.5) is 0 Å². The van der Waals surface area contributed by atoms with Gasteiger partial charge in [0.1, 0.15) is 5.76 Å². The van der Waals surface area contributed by atoms with E-state index >= 15 is 0 Å². The summed E-state index contributed by atoms with van der Waals surface area (Å²) in [6.45, 7) is 0.729. The highest BCUT2D eigenvalue weighted by Crippen LogP contribution is 2.21. The number of hydrogen-bond acceptors (Lipinski definition) is 3. The van der Waals surface area contributed by atoms with E-state index in [1.165, 1.54) is 0 Å². The van der Waals surface area contributed by atoms with Crippen molar-refractivity contribution in [2.24, 2.45) is 5.73 Å². The number of nitrogens with two attached hydrogens (primary N) is 1. The Morgan fingerprint density at radius 1 is 1.25 bits per heavy atom. The topological polar surface area (TPSA) is 68.3 Å². The number of nitrogens with one attached hydrogen (secondary N) is 1. The maximum absolute atomic E-state index is 11.8. The monoisotopic (exact) mass is 312 g/mol. The van der Waals surface area contributed by atoms with Crippen molar-refractivity contribution in [2.75, 3.05) is 6.54 Å². The predicted molar refractivity (Wildman–Crippen MR) is 79.1 cm³/mol. The highest BCUT2D eigenvalue weighted by atomic mass is 35.5. The number of carbonyl (C=O) groups is 1. The lowest BCUT2D eigenvalue weighted by Crippen LogP contribution is -2.25. The number of amides is 1. The summed E-state index contributed by atoms with van der Waals surface area (Å²) < 4.78 is 5.26. The maximum atomic E-state index is 11.8. The zero-order valence-corrected chi connectivity index (χ0v) is 12.2. The molecule has 4 nitrogen and oxygen atoms in total. The lowest BCUT2D eigenvalue weighted by atomic mass is 10.1. The summed E-state index contributed by atoms with van der Waals surface area (Å²) in [5.74, 6) is 0.568. The second-order valence-corrected chi connectivity index (χ2v) is 5.06. The molecule has 0 radical (unpaired) electrons.